The topological polar surface area (TPSA) is 124 Å². The van der Waals surface area contributed by atoms with Crippen molar-refractivity contribution in [2.45, 2.75) is 140 Å². The van der Waals surface area contributed by atoms with Crippen molar-refractivity contribution in [3.05, 3.63) is 75.9 Å². The molecule has 0 saturated heterocycles. The fraction of sp³-hybridized carbons (Fsp3) is 0.543. The molecule has 3 rings (SSSR count). The van der Waals surface area contributed by atoms with Crippen LogP contribution in [0.5, 0.6) is 11.5 Å². The summed E-state index contributed by atoms with van der Waals surface area (Å²) in [6.45, 7) is 21.4. The van der Waals surface area contributed by atoms with E-state index in [2.05, 4.69) is 12.2 Å². The molecule has 0 spiro atoms. The maximum absolute atomic E-state index is 15.5. The number of esters is 2. The lowest BCUT2D eigenvalue weighted by Crippen LogP contribution is -2.70. The largest absolute Gasteiger partial charge is 0.506 e. The smallest absolute Gasteiger partial charge is 0.311 e. The van der Waals surface area contributed by atoms with Gasteiger partial charge in [0.2, 0.25) is 0 Å². The average molecular weight is 743 g/mol. The second-order valence-electron chi connectivity index (χ2n) is 16.4. The number of carbonyl (C=O) groups is 5. The van der Waals surface area contributed by atoms with Crippen LogP contribution in [0, 0.1) is 22.2 Å². The number of benzene rings is 1. The molecule has 8 heteroatoms. The van der Waals surface area contributed by atoms with Gasteiger partial charge in [0.05, 0.1) is 5.41 Å². The lowest BCUT2D eigenvalue weighted by atomic mass is 9.37. The molecule has 2 aliphatic carbocycles. The Bertz CT molecular complexity index is 1790. The second-order valence-corrected chi connectivity index (χ2v) is 16.4. The highest BCUT2D eigenvalue weighted by Crippen LogP contribution is 2.67. The molecule has 0 heterocycles. The number of fused-ring (bicyclic) bond motifs is 2. The molecule has 8 nitrogen and oxygen atoms in total. The minimum Gasteiger partial charge on any atom is -0.506 e. The lowest BCUT2D eigenvalue weighted by Gasteiger charge is -2.61. The monoisotopic (exact) mass is 742 g/mol. The Labute approximate surface area is 322 Å². The summed E-state index contributed by atoms with van der Waals surface area (Å²) in [6.07, 6.45) is 11.5. The van der Waals surface area contributed by atoms with Gasteiger partial charge in [0, 0.05) is 18.4 Å². The molecule has 0 aromatic heterocycles. The van der Waals surface area contributed by atoms with Gasteiger partial charge in [-0.25, -0.2) is 0 Å². The summed E-state index contributed by atoms with van der Waals surface area (Å²) in [7, 11) is 0. The van der Waals surface area contributed by atoms with Crippen LogP contribution in [-0.4, -0.2) is 34.4 Å². The third-order valence-corrected chi connectivity index (χ3v) is 11.1. The minimum atomic E-state index is -1.67. The van der Waals surface area contributed by atoms with Crippen molar-refractivity contribution < 1.29 is 38.6 Å². The summed E-state index contributed by atoms with van der Waals surface area (Å²) in [5, 5.41) is 12.2. The van der Waals surface area contributed by atoms with Crippen molar-refractivity contribution in [2.75, 3.05) is 0 Å². The van der Waals surface area contributed by atoms with Gasteiger partial charge < -0.3 is 14.6 Å². The van der Waals surface area contributed by atoms with Gasteiger partial charge in [-0.3, -0.25) is 24.0 Å². The zero-order valence-corrected chi connectivity index (χ0v) is 34.5. The van der Waals surface area contributed by atoms with E-state index in [1.165, 1.54) is 18.2 Å². The Balaban J connectivity index is 2.48. The molecule has 0 aliphatic heterocycles. The first-order valence-corrected chi connectivity index (χ1v) is 19.5. The van der Waals surface area contributed by atoms with Gasteiger partial charge >= 0.3 is 11.9 Å². The van der Waals surface area contributed by atoms with Gasteiger partial charge in [-0.1, -0.05) is 67.4 Å². The van der Waals surface area contributed by atoms with Crippen LogP contribution in [0.25, 0.3) is 5.76 Å². The molecule has 2 bridgehead atoms. The lowest BCUT2D eigenvalue weighted by molar-refractivity contribution is -0.178. The van der Waals surface area contributed by atoms with Crippen molar-refractivity contribution in [2.24, 2.45) is 22.2 Å². The van der Waals surface area contributed by atoms with E-state index in [1.807, 2.05) is 88.3 Å². The molecule has 294 valence electrons. The van der Waals surface area contributed by atoms with E-state index >= 15 is 14.4 Å². The maximum Gasteiger partial charge on any atom is 0.311 e. The maximum atomic E-state index is 15.5. The number of aliphatic hydroxyl groups excluding tert-OH is 1. The second kappa shape index (κ2) is 18.3. The summed E-state index contributed by atoms with van der Waals surface area (Å²) in [6, 6.07) is 4.13. The van der Waals surface area contributed by atoms with Crippen LogP contribution in [0.3, 0.4) is 0 Å². The van der Waals surface area contributed by atoms with Crippen LogP contribution in [0.15, 0.2) is 70.4 Å². The predicted octanol–water partition coefficient (Wildman–Crippen LogP) is 10.9. The average Bonchev–Trinajstić information content (AvgIpc) is 3.07. The first-order chi connectivity index (χ1) is 25.3. The normalized spacial score (nSPS) is 24.3. The number of hydrogen-bond acceptors (Lipinski definition) is 8. The van der Waals surface area contributed by atoms with E-state index in [-0.39, 0.29) is 60.9 Å². The number of ether oxygens (including phenoxy) is 2. The third kappa shape index (κ3) is 9.13. The number of Topliss-reactive ketones (excluding diaryl/α,β-unsaturated/α-hetero) is 3. The van der Waals surface area contributed by atoms with E-state index in [0.29, 0.717) is 32.1 Å². The minimum absolute atomic E-state index is 0.0239. The predicted molar refractivity (Wildman–Crippen MR) is 214 cm³/mol. The van der Waals surface area contributed by atoms with Gasteiger partial charge in [-0.2, -0.15) is 0 Å². The Hall–Kier alpha value is -4.33. The summed E-state index contributed by atoms with van der Waals surface area (Å²) < 4.78 is 11.1. The molecule has 1 aromatic carbocycles. The van der Waals surface area contributed by atoms with Gasteiger partial charge in [0.1, 0.15) is 16.7 Å². The molecule has 2 aliphatic rings. The van der Waals surface area contributed by atoms with Crippen LogP contribution in [-0.2, 0) is 24.0 Å². The Kier molecular flexibility index (Phi) is 15.0. The quantitative estimate of drug-likeness (QED) is 0.0338. The van der Waals surface area contributed by atoms with Crippen LogP contribution >= 0.6 is 0 Å². The molecular weight excluding hydrogens is 680 g/mol. The van der Waals surface area contributed by atoms with E-state index in [9.17, 15) is 14.7 Å². The van der Waals surface area contributed by atoms with E-state index in [4.69, 9.17) is 9.47 Å². The number of carbonyl (C=O) groups excluding carboxylic acids is 5. The fourth-order valence-corrected chi connectivity index (χ4v) is 8.03. The SMILES string of the molecule is CCCC(=O)Oc1ccc(/C(O)=C2/C(=O)[C@]3(CC=C(C)C)C[C@H](CC=C(C)C)[C@@](C)(CCC=C(C)C)[C@](CC=C(C)C)(C2=O)C3=O)cc1OC(=O)CCC. The number of allylic oxidation sites excluding steroid dienone is 9. The van der Waals surface area contributed by atoms with Crippen molar-refractivity contribution in [3.8, 4) is 11.5 Å². The Morgan fingerprint density at radius 2 is 1.30 bits per heavy atom. The first kappa shape index (κ1) is 44.1. The molecule has 0 radical (unpaired) electrons. The molecule has 2 saturated carbocycles. The molecular formula is C46H62O8. The van der Waals surface area contributed by atoms with E-state index in [0.717, 1.165) is 22.3 Å². The fourth-order valence-electron chi connectivity index (χ4n) is 8.03. The van der Waals surface area contributed by atoms with Crippen LogP contribution in [0.1, 0.15) is 146 Å². The molecule has 1 N–H and O–H groups in total. The van der Waals surface area contributed by atoms with Crippen molar-refractivity contribution >= 4 is 35.0 Å². The number of aliphatic hydroxyl groups is 1. The Morgan fingerprint density at radius 1 is 0.759 bits per heavy atom. The first-order valence-electron chi connectivity index (χ1n) is 19.5. The Morgan fingerprint density at radius 3 is 1.83 bits per heavy atom. The van der Waals surface area contributed by atoms with Gasteiger partial charge in [0.15, 0.2) is 28.8 Å². The summed E-state index contributed by atoms with van der Waals surface area (Å²) >= 11 is 0. The molecule has 54 heavy (non-hydrogen) atoms. The number of ketones is 3. The van der Waals surface area contributed by atoms with E-state index in [1.54, 1.807) is 0 Å². The molecule has 1 aromatic rings. The highest BCUT2D eigenvalue weighted by atomic mass is 16.6. The summed E-state index contributed by atoms with van der Waals surface area (Å²) in [5.41, 5.74) is -0.485. The van der Waals surface area contributed by atoms with Gasteiger partial charge in [-0.15, -0.1) is 0 Å². The van der Waals surface area contributed by atoms with Crippen LogP contribution < -0.4 is 9.47 Å². The van der Waals surface area contributed by atoms with Crippen molar-refractivity contribution in [1.29, 1.82) is 0 Å². The summed E-state index contributed by atoms with van der Waals surface area (Å²) in [5.74, 6) is -3.82. The molecule has 0 amide bonds. The zero-order valence-electron chi connectivity index (χ0n) is 34.5. The van der Waals surface area contributed by atoms with Crippen LogP contribution in [0.2, 0.25) is 0 Å². The zero-order chi connectivity index (χ0) is 40.6. The highest BCUT2D eigenvalue weighted by Gasteiger charge is 2.74. The van der Waals surface area contributed by atoms with Crippen molar-refractivity contribution in [1.82, 2.24) is 0 Å². The standard InChI is InChI=1S/C46H62O8/c1-12-15-37(47)53-35-21-19-33(27-36(35)54-38(48)16-13-2)40(49)39-41(50)45(25-22-31(7)8)28-34(20-18-30(5)6)44(11,24-14-17-29(3)4)46(42(39)51,43(45)52)26-23-32(9)10/h17-19,21-23,27,34,49H,12-16,20,24-26,28H2,1-11H3/b40-39+/t34-,44+,45-,46+/m0/s1. The third-order valence-electron chi connectivity index (χ3n) is 11.1. The van der Waals surface area contributed by atoms with Gasteiger partial charge in [-0.05, 0) is 136 Å². The molecule has 4 atom stereocenters. The number of rotatable bonds is 16. The van der Waals surface area contributed by atoms with Crippen molar-refractivity contribution in [3.63, 3.8) is 0 Å². The highest BCUT2D eigenvalue weighted by molar-refractivity contribution is 6.41. The van der Waals surface area contributed by atoms with E-state index < -0.39 is 51.1 Å². The van der Waals surface area contributed by atoms with Gasteiger partial charge in [0.25, 0.3) is 0 Å². The van der Waals surface area contributed by atoms with Crippen LogP contribution in [0.4, 0.5) is 0 Å². The number of hydrogen-bond donors (Lipinski definition) is 1. The summed E-state index contributed by atoms with van der Waals surface area (Å²) in [4.78, 5) is 71.3. The molecule has 0 unspecified atom stereocenters. The molecule has 2 fully saturated rings.